The standard InChI is InChI=1S/C18H19FN2O2.ClH/c1-23-14-5-2-12(3-6-14)10-17(22)21-16-7-4-13-11-20-9-8-15(13)18(16)19;/h2-7,20H,8-11H2,1H3,(H,21,22);1H. The first kappa shape index (κ1) is 18.2. The van der Waals surface area contributed by atoms with Gasteiger partial charge in [0.2, 0.25) is 5.91 Å². The molecule has 0 saturated heterocycles. The minimum absolute atomic E-state index is 0. The van der Waals surface area contributed by atoms with E-state index in [1.165, 1.54) is 0 Å². The van der Waals surface area contributed by atoms with Crippen molar-refractivity contribution in [3.63, 3.8) is 0 Å². The molecule has 0 bridgehead atoms. The lowest BCUT2D eigenvalue weighted by Gasteiger charge is -2.19. The van der Waals surface area contributed by atoms with Crippen LogP contribution in [0.4, 0.5) is 10.1 Å². The Bertz CT molecular complexity index is 720. The molecule has 1 amide bonds. The van der Waals surface area contributed by atoms with Gasteiger partial charge in [-0.05, 0) is 47.9 Å². The van der Waals surface area contributed by atoms with Crippen LogP contribution < -0.4 is 15.4 Å². The van der Waals surface area contributed by atoms with Crippen molar-refractivity contribution in [2.75, 3.05) is 19.0 Å². The number of carbonyl (C=O) groups excluding carboxylic acids is 1. The number of carbonyl (C=O) groups is 1. The second kappa shape index (κ2) is 8.13. The van der Waals surface area contributed by atoms with Crippen molar-refractivity contribution in [1.82, 2.24) is 5.32 Å². The van der Waals surface area contributed by atoms with Gasteiger partial charge in [0.25, 0.3) is 0 Å². The third-order valence-electron chi connectivity index (χ3n) is 4.01. The van der Waals surface area contributed by atoms with Gasteiger partial charge in [-0.1, -0.05) is 18.2 Å². The number of halogens is 2. The molecule has 2 aromatic rings. The van der Waals surface area contributed by atoms with Gasteiger partial charge in [-0.3, -0.25) is 4.79 Å². The molecule has 0 aliphatic carbocycles. The van der Waals surface area contributed by atoms with Gasteiger partial charge in [-0.25, -0.2) is 4.39 Å². The van der Waals surface area contributed by atoms with Gasteiger partial charge in [-0.2, -0.15) is 0 Å². The van der Waals surface area contributed by atoms with Crippen LogP contribution in [-0.4, -0.2) is 19.6 Å². The largest absolute Gasteiger partial charge is 0.497 e. The lowest BCUT2D eigenvalue weighted by Crippen LogP contribution is -2.25. The highest BCUT2D eigenvalue weighted by molar-refractivity contribution is 5.92. The maximum Gasteiger partial charge on any atom is 0.228 e. The van der Waals surface area contributed by atoms with Crippen LogP contribution in [-0.2, 0) is 24.2 Å². The fraction of sp³-hybridized carbons (Fsp3) is 0.278. The third-order valence-corrected chi connectivity index (χ3v) is 4.01. The Kier molecular flexibility index (Phi) is 6.17. The maximum absolute atomic E-state index is 14.5. The van der Waals surface area contributed by atoms with Gasteiger partial charge < -0.3 is 15.4 Å². The van der Waals surface area contributed by atoms with Crippen LogP contribution in [0.2, 0.25) is 0 Å². The molecule has 0 aromatic heterocycles. The Balaban J connectivity index is 0.00000208. The van der Waals surface area contributed by atoms with E-state index in [2.05, 4.69) is 10.6 Å². The molecule has 1 aliphatic heterocycles. The first-order valence-electron chi connectivity index (χ1n) is 7.61. The summed E-state index contributed by atoms with van der Waals surface area (Å²) in [6.07, 6.45) is 0.839. The Morgan fingerprint density at radius 1 is 1.25 bits per heavy atom. The number of amides is 1. The average Bonchev–Trinajstić information content (AvgIpc) is 2.58. The van der Waals surface area contributed by atoms with E-state index in [1.54, 1.807) is 25.3 Å². The summed E-state index contributed by atoms with van der Waals surface area (Å²) in [6, 6.07) is 10.8. The van der Waals surface area contributed by atoms with Crippen molar-refractivity contribution in [3.8, 4) is 5.75 Å². The molecule has 4 nitrogen and oxygen atoms in total. The van der Waals surface area contributed by atoms with Crippen molar-refractivity contribution < 1.29 is 13.9 Å². The molecule has 0 atom stereocenters. The molecular formula is C18H20ClFN2O2. The van der Waals surface area contributed by atoms with E-state index in [4.69, 9.17) is 4.74 Å². The number of fused-ring (bicyclic) bond motifs is 1. The molecule has 24 heavy (non-hydrogen) atoms. The average molecular weight is 351 g/mol. The Morgan fingerprint density at radius 2 is 2.00 bits per heavy atom. The number of hydrogen-bond acceptors (Lipinski definition) is 3. The summed E-state index contributed by atoms with van der Waals surface area (Å²) in [5.41, 5.74) is 2.77. The topological polar surface area (TPSA) is 50.4 Å². The molecule has 0 spiro atoms. The predicted molar refractivity (Wildman–Crippen MR) is 94.4 cm³/mol. The Hall–Kier alpha value is -2.11. The summed E-state index contributed by atoms with van der Waals surface area (Å²) in [4.78, 5) is 12.1. The van der Waals surface area contributed by atoms with Crippen molar-refractivity contribution in [2.24, 2.45) is 0 Å². The zero-order valence-electron chi connectivity index (χ0n) is 13.4. The van der Waals surface area contributed by atoms with E-state index in [-0.39, 0.29) is 36.2 Å². The quantitative estimate of drug-likeness (QED) is 0.891. The zero-order chi connectivity index (χ0) is 16.2. The van der Waals surface area contributed by atoms with Crippen molar-refractivity contribution in [2.45, 2.75) is 19.4 Å². The molecule has 3 rings (SSSR count). The maximum atomic E-state index is 14.5. The van der Waals surface area contributed by atoms with Gasteiger partial charge in [0.05, 0.1) is 19.2 Å². The third kappa shape index (κ3) is 4.04. The van der Waals surface area contributed by atoms with Crippen molar-refractivity contribution in [1.29, 1.82) is 0 Å². The SMILES string of the molecule is COc1ccc(CC(=O)Nc2ccc3c(c2F)CCNC3)cc1.Cl. The highest BCUT2D eigenvalue weighted by Gasteiger charge is 2.17. The molecule has 0 saturated carbocycles. The first-order valence-corrected chi connectivity index (χ1v) is 7.61. The summed E-state index contributed by atoms with van der Waals surface area (Å²) in [6.45, 7) is 1.43. The number of anilines is 1. The summed E-state index contributed by atoms with van der Waals surface area (Å²) >= 11 is 0. The number of nitrogens with one attached hydrogen (secondary N) is 2. The van der Waals surface area contributed by atoms with Gasteiger partial charge in [0.1, 0.15) is 11.6 Å². The minimum atomic E-state index is -0.313. The molecule has 0 fully saturated rings. The fourth-order valence-corrected chi connectivity index (χ4v) is 2.75. The molecular weight excluding hydrogens is 331 g/mol. The summed E-state index contributed by atoms with van der Waals surface area (Å²) in [5.74, 6) is 0.193. The number of ether oxygens (including phenoxy) is 1. The van der Waals surface area contributed by atoms with Crippen LogP contribution in [0.5, 0.6) is 5.75 Å². The Morgan fingerprint density at radius 3 is 2.71 bits per heavy atom. The zero-order valence-corrected chi connectivity index (χ0v) is 14.2. The number of hydrogen-bond donors (Lipinski definition) is 2. The minimum Gasteiger partial charge on any atom is -0.497 e. The van der Waals surface area contributed by atoms with Gasteiger partial charge >= 0.3 is 0 Å². The van der Waals surface area contributed by atoms with E-state index in [0.717, 1.165) is 23.4 Å². The van der Waals surface area contributed by atoms with Gasteiger partial charge in [0, 0.05) is 6.54 Å². The number of rotatable bonds is 4. The first-order chi connectivity index (χ1) is 11.2. The summed E-state index contributed by atoms with van der Waals surface area (Å²) in [5, 5.41) is 5.88. The van der Waals surface area contributed by atoms with Crippen molar-refractivity contribution in [3.05, 3.63) is 58.9 Å². The number of methoxy groups -OCH3 is 1. The fourth-order valence-electron chi connectivity index (χ4n) is 2.75. The molecule has 128 valence electrons. The number of benzene rings is 2. The molecule has 2 aromatic carbocycles. The molecule has 0 radical (unpaired) electrons. The van der Waals surface area contributed by atoms with E-state index >= 15 is 0 Å². The van der Waals surface area contributed by atoms with E-state index in [1.807, 2.05) is 18.2 Å². The molecule has 1 heterocycles. The van der Waals surface area contributed by atoms with Crippen LogP contribution in [0.1, 0.15) is 16.7 Å². The van der Waals surface area contributed by atoms with Crippen LogP contribution in [0.3, 0.4) is 0 Å². The molecule has 0 unspecified atom stereocenters. The van der Waals surface area contributed by atoms with Crippen LogP contribution in [0.25, 0.3) is 0 Å². The van der Waals surface area contributed by atoms with Gasteiger partial charge in [0.15, 0.2) is 0 Å². The molecule has 6 heteroatoms. The molecule has 2 N–H and O–H groups in total. The lowest BCUT2D eigenvalue weighted by molar-refractivity contribution is -0.115. The van der Waals surface area contributed by atoms with E-state index in [0.29, 0.717) is 18.5 Å². The molecule has 1 aliphatic rings. The van der Waals surface area contributed by atoms with Crippen LogP contribution in [0.15, 0.2) is 36.4 Å². The van der Waals surface area contributed by atoms with E-state index in [9.17, 15) is 9.18 Å². The van der Waals surface area contributed by atoms with E-state index < -0.39 is 0 Å². The summed E-state index contributed by atoms with van der Waals surface area (Å²) in [7, 11) is 1.59. The summed E-state index contributed by atoms with van der Waals surface area (Å²) < 4.78 is 19.6. The second-order valence-corrected chi connectivity index (χ2v) is 5.56. The van der Waals surface area contributed by atoms with Crippen LogP contribution in [0, 0.1) is 5.82 Å². The second-order valence-electron chi connectivity index (χ2n) is 5.56. The monoisotopic (exact) mass is 350 g/mol. The normalized spacial score (nSPS) is 12.8. The highest BCUT2D eigenvalue weighted by Crippen LogP contribution is 2.24. The highest BCUT2D eigenvalue weighted by atomic mass is 35.5. The Labute approximate surface area is 146 Å². The van der Waals surface area contributed by atoms with Crippen LogP contribution >= 0.6 is 12.4 Å². The predicted octanol–water partition coefficient (Wildman–Crippen LogP) is 3.08. The lowest BCUT2D eigenvalue weighted by atomic mass is 9.99. The smallest absolute Gasteiger partial charge is 0.228 e. The van der Waals surface area contributed by atoms with Gasteiger partial charge in [-0.15, -0.1) is 12.4 Å². The van der Waals surface area contributed by atoms with Crippen molar-refractivity contribution >= 4 is 24.0 Å².